The van der Waals surface area contributed by atoms with Gasteiger partial charge in [-0.2, -0.15) is 0 Å². The summed E-state index contributed by atoms with van der Waals surface area (Å²) in [5, 5.41) is 0. The van der Waals surface area contributed by atoms with Crippen LogP contribution in [0.2, 0.25) is 0 Å². The van der Waals surface area contributed by atoms with Crippen molar-refractivity contribution in [1.29, 1.82) is 0 Å². The molecule has 1 aromatic heterocycles. The van der Waals surface area contributed by atoms with Crippen molar-refractivity contribution < 1.29 is 4.79 Å². The number of hydrogen-bond donors (Lipinski definition) is 1. The fraction of sp³-hybridized carbons (Fsp3) is 0.538. The summed E-state index contributed by atoms with van der Waals surface area (Å²) in [4.78, 5) is 28.3. The topological polar surface area (TPSA) is 53.2 Å². The minimum Gasteiger partial charge on any atom is -0.364 e. The predicted octanol–water partition coefficient (Wildman–Crippen LogP) is 1.94. The van der Waals surface area contributed by atoms with Gasteiger partial charge in [-0.15, -0.1) is 0 Å². The van der Waals surface area contributed by atoms with Crippen LogP contribution in [0, 0.1) is 6.92 Å². The first-order chi connectivity index (χ1) is 7.97. The van der Waals surface area contributed by atoms with E-state index < -0.39 is 0 Å². The van der Waals surface area contributed by atoms with E-state index in [4.69, 9.17) is 0 Å². The van der Waals surface area contributed by atoms with Gasteiger partial charge >= 0.3 is 0 Å². The molecule has 0 spiro atoms. The van der Waals surface area contributed by atoms with Gasteiger partial charge in [-0.1, -0.05) is 13.3 Å². The second-order valence-corrected chi connectivity index (χ2v) is 4.45. The zero-order valence-corrected chi connectivity index (χ0v) is 10.9. The highest BCUT2D eigenvalue weighted by molar-refractivity contribution is 5.93. The monoisotopic (exact) mass is 236 g/mol. The first kappa shape index (κ1) is 13.5. The molecule has 1 N–H and O–H groups in total. The number of carbonyl (C=O) groups is 1. The van der Waals surface area contributed by atoms with E-state index in [0.29, 0.717) is 0 Å². The Labute approximate surface area is 102 Å². The van der Waals surface area contributed by atoms with Crippen LogP contribution in [0.5, 0.6) is 0 Å². The number of aromatic amines is 1. The minimum absolute atomic E-state index is 0.146. The smallest absolute Gasteiger partial charge is 0.259 e. The molecular weight excluding hydrogens is 216 g/mol. The lowest BCUT2D eigenvalue weighted by Crippen LogP contribution is -2.37. The quantitative estimate of drug-likeness (QED) is 0.868. The van der Waals surface area contributed by atoms with Crippen LogP contribution in [-0.2, 0) is 0 Å². The van der Waals surface area contributed by atoms with Gasteiger partial charge in [0.1, 0.15) is 5.56 Å². The van der Waals surface area contributed by atoms with Gasteiger partial charge in [0.15, 0.2) is 5.43 Å². The van der Waals surface area contributed by atoms with Gasteiger partial charge in [-0.25, -0.2) is 0 Å². The lowest BCUT2D eigenvalue weighted by atomic mass is 10.1. The number of aryl methyl sites for hydroxylation is 1. The van der Waals surface area contributed by atoms with Crippen LogP contribution in [0.1, 0.15) is 42.7 Å². The van der Waals surface area contributed by atoms with Crippen molar-refractivity contribution in [3.05, 3.63) is 33.7 Å². The highest BCUT2D eigenvalue weighted by Crippen LogP contribution is 2.07. The third kappa shape index (κ3) is 3.19. The fourth-order valence-corrected chi connectivity index (χ4v) is 1.74. The van der Waals surface area contributed by atoms with Crippen LogP contribution in [0.15, 0.2) is 17.1 Å². The number of carbonyl (C=O) groups excluding carboxylic acids is 1. The molecular formula is C13H20N2O2. The third-order valence-electron chi connectivity index (χ3n) is 2.98. The SMILES string of the molecule is CCCC(C)N(C)C(=O)c1c[nH]c(C)cc1=O. The molecule has 0 bridgehead atoms. The van der Waals surface area contributed by atoms with Gasteiger partial charge in [0.2, 0.25) is 0 Å². The standard InChI is InChI=1S/C13H20N2O2/c1-5-6-10(3)15(4)13(17)11-8-14-9(2)7-12(11)16/h7-8,10H,5-6H2,1-4H3,(H,14,16). The largest absolute Gasteiger partial charge is 0.364 e. The lowest BCUT2D eigenvalue weighted by Gasteiger charge is -2.24. The van der Waals surface area contributed by atoms with Crippen LogP contribution >= 0.6 is 0 Å². The number of nitrogens with zero attached hydrogens (tertiary/aromatic N) is 1. The highest BCUT2D eigenvalue weighted by Gasteiger charge is 2.19. The molecule has 0 aromatic carbocycles. The van der Waals surface area contributed by atoms with Gasteiger partial charge in [0, 0.05) is 31.0 Å². The van der Waals surface area contributed by atoms with Gasteiger partial charge in [0.05, 0.1) is 0 Å². The molecule has 1 amide bonds. The van der Waals surface area contributed by atoms with Gasteiger partial charge < -0.3 is 9.88 Å². The van der Waals surface area contributed by atoms with E-state index in [9.17, 15) is 9.59 Å². The summed E-state index contributed by atoms with van der Waals surface area (Å²) >= 11 is 0. The number of hydrogen-bond acceptors (Lipinski definition) is 2. The third-order valence-corrected chi connectivity index (χ3v) is 2.98. The molecule has 0 radical (unpaired) electrons. The van der Waals surface area contributed by atoms with Crippen molar-refractivity contribution in [3.8, 4) is 0 Å². The Morgan fingerprint density at radius 3 is 2.71 bits per heavy atom. The molecule has 0 saturated heterocycles. The number of amides is 1. The van der Waals surface area contributed by atoms with Crippen LogP contribution in [0.3, 0.4) is 0 Å². The van der Waals surface area contributed by atoms with Gasteiger partial charge in [0.25, 0.3) is 5.91 Å². The maximum absolute atomic E-state index is 12.1. The van der Waals surface area contributed by atoms with E-state index in [1.807, 2.05) is 6.92 Å². The molecule has 1 atom stereocenters. The molecule has 0 aliphatic rings. The van der Waals surface area contributed by atoms with Crippen molar-refractivity contribution in [2.45, 2.75) is 39.7 Å². The molecule has 17 heavy (non-hydrogen) atoms. The van der Waals surface area contributed by atoms with E-state index in [2.05, 4.69) is 11.9 Å². The van der Waals surface area contributed by atoms with Gasteiger partial charge in [-0.05, 0) is 20.3 Å². The normalized spacial score (nSPS) is 12.2. The van der Waals surface area contributed by atoms with Crippen molar-refractivity contribution in [2.75, 3.05) is 7.05 Å². The lowest BCUT2D eigenvalue weighted by molar-refractivity contribution is 0.0735. The first-order valence-electron chi connectivity index (χ1n) is 5.93. The Kier molecular flexibility index (Phi) is 4.49. The van der Waals surface area contributed by atoms with Gasteiger partial charge in [-0.3, -0.25) is 9.59 Å². The van der Waals surface area contributed by atoms with E-state index in [0.717, 1.165) is 18.5 Å². The molecule has 1 rings (SSSR count). The Hall–Kier alpha value is -1.58. The molecule has 0 aliphatic carbocycles. The van der Waals surface area contributed by atoms with Crippen molar-refractivity contribution in [2.24, 2.45) is 0 Å². The molecule has 1 unspecified atom stereocenters. The Bertz CT molecular complexity index is 451. The summed E-state index contributed by atoms with van der Waals surface area (Å²) in [5.74, 6) is -0.216. The molecule has 1 aromatic rings. The molecule has 4 nitrogen and oxygen atoms in total. The van der Waals surface area contributed by atoms with Crippen molar-refractivity contribution in [1.82, 2.24) is 9.88 Å². The summed E-state index contributed by atoms with van der Waals surface area (Å²) in [6.07, 6.45) is 3.45. The number of pyridine rings is 1. The van der Waals surface area contributed by atoms with E-state index >= 15 is 0 Å². The minimum atomic E-state index is -0.221. The first-order valence-corrected chi connectivity index (χ1v) is 5.93. The maximum Gasteiger partial charge on any atom is 0.259 e. The summed E-state index contributed by atoms with van der Waals surface area (Å²) in [6, 6.07) is 1.60. The van der Waals surface area contributed by atoms with E-state index in [-0.39, 0.29) is 22.9 Å². The number of nitrogens with one attached hydrogen (secondary N) is 1. The van der Waals surface area contributed by atoms with E-state index in [1.165, 1.54) is 12.3 Å². The summed E-state index contributed by atoms with van der Waals surface area (Å²) in [6.45, 7) is 5.86. The molecule has 4 heteroatoms. The number of aromatic nitrogens is 1. The predicted molar refractivity (Wildman–Crippen MR) is 68.3 cm³/mol. The van der Waals surface area contributed by atoms with Crippen molar-refractivity contribution in [3.63, 3.8) is 0 Å². The fourth-order valence-electron chi connectivity index (χ4n) is 1.74. The Morgan fingerprint density at radius 2 is 2.18 bits per heavy atom. The Balaban J connectivity index is 2.93. The second kappa shape index (κ2) is 5.66. The molecule has 0 aliphatic heterocycles. The molecule has 94 valence electrons. The zero-order valence-electron chi connectivity index (χ0n) is 10.9. The summed E-state index contributed by atoms with van der Waals surface area (Å²) in [7, 11) is 1.74. The second-order valence-electron chi connectivity index (χ2n) is 4.45. The number of rotatable bonds is 4. The average molecular weight is 236 g/mol. The van der Waals surface area contributed by atoms with Crippen LogP contribution in [-0.4, -0.2) is 28.9 Å². The average Bonchev–Trinajstić information content (AvgIpc) is 2.27. The van der Waals surface area contributed by atoms with E-state index in [1.54, 1.807) is 18.9 Å². The Morgan fingerprint density at radius 1 is 1.53 bits per heavy atom. The molecule has 0 fully saturated rings. The van der Waals surface area contributed by atoms with Crippen molar-refractivity contribution >= 4 is 5.91 Å². The number of H-pyrrole nitrogens is 1. The summed E-state index contributed by atoms with van der Waals surface area (Å²) in [5.41, 5.74) is 0.749. The molecule has 1 heterocycles. The zero-order chi connectivity index (χ0) is 13.0. The maximum atomic E-state index is 12.1. The highest BCUT2D eigenvalue weighted by atomic mass is 16.2. The molecule has 0 saturated carbocycles. The van der Waals surface area contributed by atoms with Crippen LogP contribution < -0.4 is 5.43 Å². The van der Waals surface area contributed by atoms with Crippen LogP contribution in [0.4, 0.5) is 0 Å². The summed E-state index contributed by atoms with van der Waals surface area (Å²) < 4.78 is 0. The van der Waals surface area contributed by atoms with Crippen LogP contribution in [0.25, 0.3) is 0 Å².